The largest absolute Gasteiger partial charge is 0.504 e. The SMILES string of the molecule is CCCCCCCCNC(=O)/C(C#N)=C\c1ccc(O)c(OC)c1. The minimum absolute atomic E-state index is 0.0145. The van der Waals surface area contributed by atoms with E-state index in [-0.39, 0.29) is 17.2 Å². The molecule has 0 spiro atoms. The lowest BCUT2D eigenvalue weighted by Gasteiger charge is -2.06. The highest BCUT2D eigenvalue weighted by Gasteiger charge is 2.09. The van der Waals surface area contributed by atoms with Crippen molar-refractivity contribution in [1.82, 2.24) is 5.32 Å². The highest BCUT2D eigenvalue weighted by Crippen LogP contribution is 2.27. The predicted molar refractivity (Wildman–Crippen MR) is 94.6 cm³/mol. The Morgan fingerprint density at radius 1 is 1.29 bits per heavy atom. The zero-order chi connectivity index (χ0) is 17.8. The quantitative estimate of drug-likeness (QED) is 0.388. The third kappa shape index (κ3) is 6.74. The van der Waals surface area contributed by atoms with Crippen LogP contribution in [-0.2, 0) is 4.79 Å². The number of unbranched alkanes of at least 4 members (excludes halogenated alkanes) is 5. The number of carbonyl (C=O) groups is 1. The summed E-state index contributed by atoms with van der Waals surface area (Å²) in [6.45, 7) is 2.75. The van der Waals surface area contributed by atoms with E-state index in [0.29, 0.717) is 17.9 Å². The third-order valence-electron chi connectivity index (χ3n) is 3.70. The molecule has 0 fully saturated rings. The number of carbonyl (C=O) groups excluding carboxylic acids is 1. The van der Waals surface area contributed by atoms with Gasteiger partial charge >= 0.3 is 0 Å². The molecule has 5 heteroatoms. The van der Waals surface area contributed by atoms with Gasteiger partial charge in [-0.2, -0.15) is 5.26 Å². The van der Waals surface area contributed by atoms with Gasteiger partial charge in [0.1, 0.15) is 11.6 Å². The van der Waals surface area contributed by atoms with E-state index >= 15 is 0 Å². The van der Waals surface area contributed by atoms with Crippen LogP contribution >= 0.6 is 0 Å². The van der Waals surface area contributed by atoms with Crippen LogP contribution in [0.2, 0.25) is 0 Å². The lowest BCUT2D eigenvalue weighted by atomic mass is 10.1. The van der Waals surface area contributed by atoms with Crippen molar-refractivity contribution in [2.45, 2.75) is 45.4 Å². The molecule has 0 bridgehead atoms. The standard InChI is InChI=1S/C19H26N2O3/c1-3-4-5-6-7-8-11-21-19(23)16(14-20)12-15-9-10-17(22)18(13-15)24-2/h9-10,12-13,22H,3-8,11H2,1-2H3,(H,21,23)/b16-12-. The van der Waals surface area contributed by atoms with Crippen molar-refractivity contribution in [1.29, 1.82) is 5.26 Å². The van der Waals surface area contributed by atoms with Gasteiger partial charge in [0.05, 0.1) is 7.11 Å². The highest BCUT2D eigenvalue weighted by molar-refractivity contribution is 6.01. The number of amides is 1. The van der Waals surface area contributed by atoms with Gasteiger partial charge in [0.2, 0.25) is 0 Å². The van der Waals surface area contributed by atoms with Crippen molar-refractivity contribution >= 4 is 12.0 Å². The molecule has 0 saturated carbocycles. The van der Waals surface area contributed by atoms with Crippen LogP contribution in [-0.4, -0.2) is 24.7 Å². The molecule has 0 aliphatic carbocycles. The van der Waals surface area contributed by atoms with Crippen LogP contribution in [0, 0.1) is 11.3 Å². The summed E-state index contributed by atoms with van der Waals surface area (Å²) in [7, 11) is 1.45. The number of ether oxygens (including phenoxy) is 1. The molecule has 1 aromatic carbocycles. The Kier molecular flexibility index (Phi) is 9.06. The smallest absolute Gasteiger partial charge is 0.261 e. The molecule has 24 heavy (non-hydrogen) atoms. The topological polar surface area (TPSA) is 82.4 Å². The van der Waals surface area contributed by atoms with Crippen LogP contribution in [0.15, 0.2) is 23.8 Å². The molecule has 1 aromatic rings. The van der Waals surface area contributed by atoms with E-state index in [0.717, 1.165) is 12.8 Å². The molecule has 0 unspecified atom stereocenters. The Labute approximate surface area is 143 Å². The summed E-state index contributed by atoms with van der Waals surface area (Å²) in [5.74, 6) is -0.0627. The molecule has 1 amide bonds. The Morgan fingerprint density at radius 2 is 2.00 bits per heavy atom. The highest BCUT2D eigenvalue weighted by atomic mass is 16.5. The number of nitriles is 1. The van der Waals surface area contributed by atoms with Crippen molar-refractivity contribution < 1.29 is 14.6 Å². The minimum Gasteiger partial charge on any atom is -0.504 e. The molecule has 5 nitrogen and oxygen atoms in total. The van der Waals surface area contributed by atoms with Crippen LogP contribution in [0.25, 0.3) is 6.08 Å². The fourth-order valence-electron chi connectivity index (χ4n) is 2.30. The number of benzene rings is 1. The van der Waals surface area contributed by atoms with E-state index < -0.39 is 0 Å². The van der Waals surface area contributed by atoms with Crippen LogP contribution in [0.3, 0.4) is 0 Å². The average Bonchev–Trinajstić information content (AvgIpc) is 2.59. The lowest BCUT2D eigenvalue weighted by Crippen LogP contribution is -2.25. The Bertz CT molecular complexity index is 603. The van der Waals surface area contributed by atoms with Gasteiger partial charge in [-0.15, -0.1) is 0 Å². The number of phenolic OH excluding ortho intramolecular Hbond substituents is 1. The molecule has 0 heterocycles. The number of hydrogen-bond acceptors (Lipinski definition) is 4. The normalized spacial score (nSPS) is 11.0. The number of nitrogens with one attached hydrogen (secondary N) is 1. The summed E-state index contributed by atoms with van der Waals surface area (Å²) in [5, 5.41) is 21.5. The number of aromatic hydroxyl groups is 1. The first kappa shape index (κ1) is 19.6. The van der Waals surface area contributed by atoms with Gasteiger partial charge in [0.15, 0.2) is 11.5 Å². The van der Waals surface area contributed by atoms with Gasteiger partial charge in [-0.3, -0.25) is 4.79 Å². The monoisotopic (exact) mass is 330 g/mol. The molecular formula is C19H26N2O3. The summed E-state index contributed by atoms with van der Waals surface area (Å²) in [5.41, 5.74) is 0.657. The van der Waals surface area contributed by atoms with E-state index in [1.807, 2.05) is 6.07 Å². The first-order valence-electron chi connectivity index (χ1n) is 8.39. The van der Waals surface area contributed by atoms with Gasteiger partial charge in [0.25, 0.3) is 5.91 Å². The van der Waals surface area contributed by atoms with Crippen LogP contribution in [0.1, 0.15) is 51.0 Å². The molecule has 0 aromatic heterocycles. The average molecular weight is 330 g/mol. The number of phenols is 1. The van der Waals surface area contributed by atoms with Crippen molar-refractivity contribution in [3.8, 4) is 17.6 Å². The molecular weight excluding hydrogens is 304 g/mol. The van der Waals surface area contributed by atoms with Crippen molar-refractivity contribution in [3.63, 3.8) is 0 Å². The van der Waals surface area contributed by atoms with E-state index in [9.17, 15) is 15.2 Å². The lowest BCUT2D eigenvalue weighted by molar-refractivity contribution is -0.117. The van der Waals surface area contributed by atoms with Crippen molar-refractivity contribution in [2.75, 3.05) is 13.7 Å². The van der Waals surface area contributed by atoms with E-state index in [4.69, 9.17) is 4.74 Å². The summed E-state index contributed by atoms with van der Waals surface area (Å²) < 4.78 is 5.02. The number of rotatable bonds is 10. The molecule has 0 radical (unpaired) electrons. The zero-order valence-electron chi connectivity index (χ0n) is 14.5. The Morgan fingerprint density at radius 3 is 2.67 bits per heavy atom. The fraction of sp³-hybridized carbons (Fsp3) is 0.474. The molecule has 2 N–H and O–H groups in total. The minimum atomic E-state index is -0.377. The summed E-state index contributed by atoms with van der Waals surface area (Å²) in [6.07, 6.45) is 8.37. The number of methoxy groups -OCH3 is 1. The van der Waals surface area contributed by atoms with E-state index in [1.54, 1.807) is 12.1 Å². The molecule has 0 aliphatic heterocycles. The van der Waals surface area contributed by atoms with Gasteiger partial charge in [0, 0.05) is 6.54 Å². The van der Waals surface area contributed by atoms with E-state index in [1.165, 1.54) is 44.9 Å². The molecule has 130 valence electrons. The van der Waals surface area contributed by atoms with Gasteiger partial charge in [-0.1, -0.05) is 45.1 Å². The summed E-state index contributed by atoms with van der Waals surface area (Å²) in [6, 6.07) is 6.58. The van der Waals surface area contributed by atoms with Crippen LogP contribution in [0.4, 0.5) is 0 Å². The third-order valence-corrected chi connectivity index (χ3v) is 3.70. The molecule has 0 aliphatic rings. The van der Waals surface area contributed by atoms with Crippen molar-refractivity contribution in [3.05, 3.63) is 29.3 Å². The second-order valence-corrected chi connectivity index (χ2v) is 5.62. The van der Waals surface area contributed by atoms with Gasteiger partial charge < -0.3 is 15.2 Å². The second-order valence-electron chi connectivity index (χ2n) is 5.62. The van der Waals surface area contributed by atoms with Crippen molar-refractivity contribution in [2.24, 2.45) is 0 Å². The first-order chi connectivity index (χ1) is 11.6. The molecule has 1 rings (SSSR count). The van der Waals surface area contributed by atoms with E-state index in [2.05, 4.69) is 12.2 Å². The first-order valence-corrected chi connectivity index (χ1v) is 8.39. The predicted octanol–water partition coefficient (Wildman–Crippen LogP) is 3.78. The molecule has 0 saturated heterocycles. The number of nitrogens with zero attached hydrogens (tertiary/aromatic N) is 1. The maximum absolute atomic E-state index is 12.1. The Hall–Kier alpha value is -2.48. The molecule has 0 atom stereocenters. The summed E-state index contributed by atoms with van der Waals surface area (Å²) in [4.78, 5) is 12.1. The second kappa shape index (κ2) is 11.1. The van der Waals surface area contributed by atoms with Gasteiger partial charge in [-0.25, -0.2) is 0 Å². The zero-order valence-corrected chi connectivity index (χ0v) is 14.5. The number of hydrogen-bond donors (Lipinski definition) is 2. The maximum atomic E-state index is 12.1. The van der Waals surface area contributed by atoms with Crippen LogP contribution in [0.5, 0.6) is 11.5 Å². The van der Waals surface area contributed by atoms with Gasteiger partial charge in [-0.05, 0) is 30.2 Å². The maximum Gasteiger partial charge on any atom is 0.261 e. The Balaban J connectivity index is 2.53. The summed E-state index contributed by atoms with van der Waals surface area (Å²) >= 11 is 0. The fourth-order valence-corrected chi connectivity index (χ4v) is 2.30. The van der Waals surface area contributed by atoms with Crippen LogP contribution < -0.4 is 10.1 Å².